The van der Waals surface area contributed by atoms with E-state index >= 15 is 0 Å². The van der Waals surface area contributed by atoms with Crippen molar-refractivity contribution in [3.63, 3.8) is 0 Å². The Kier molecular flexibility index (Phi) is 5.65. The van der Waals surface area contributed by atoms with Crippen molar-refractivity contribution >= 4 is 33.2 Å². The fraction of sp³-hybridized carbons (Fsp3) is 0.0909. The summed E-state index contributed by atoms with van der Waals surface area (Å²) < 4.78 is 28.1. The van der Waals surface area contributed by atoms with Crippen LogP contribution in [0.25, 0.3) is 0 Å². The molecule has 148 valence electrons. The number of sulfonamides is 1. The van der Waals surface area contributed by atoms with Gasteiger partial charge in [-0.15, -0.1) is 0 Å². The summed E-state index contributed by atoms with van der Waals surface area (Å²) >= 11 is 12.0. The minimum Gasteiger partial charge on any atom is -0.247 e. The highest BCUT2D eigenvalue weighted by atomic mass is 35.5. The second-order valence-corrected chi connectivity index (χ2v) is 9.30. The summed E-state index contributed by atoms with van der Waals surface area (Å²) in [6.07, 6.45) is 2.70. The normalized spacial score (nSPS) is 16.5. The summed E-state index contributed by atoms with van der Waals surface area (Å²) in [5.74, 6) is 0. The minimum atomic E-state index is -3.94. The molecule has 0 fully saturated rings. The third-order valence-corrected chi connectivity index (χ3v) is 6.98. The van der Waals surface area contributed by atoms with E-state index in [4.69, 9.17) is 28.0 Å². The Balaban J connectivity index is 1.71. The maximum absolute atomic E-state index is 13.6. The van der Waals surface area contributed by atoms with Crippen LogP contribution in [0.2, 0.25) is 10.0 Å². The molecule has 3 aromatic carbocycles. The molecule has 0 aromatic heterocycles. The molecule has 1 unspecified atom stereocenters. The van der Waals surface area contributed by atoms with Crippen molar-refractivity contribution in [2.75, 3.05) is 0 Å². The molecule has 0 spiro atoms. The number of hydroxylamine groups is 1. The van der Waals surface area contributed by atoms with E-state index in [2.05, 4.69) is 0 Å². The molecule has 1 aliphatic heterocycles. The standard InChI is InChI=1S/C22H17Cl2NO3S/c23-19-10-6-17(7-11-19)22(18-8-12-20(24)13-9-18)29(26,27)25-15-14-21(28-25)16-4-2-1-3-5-16/h1-15,21-22H. The van der Waals surface area contributed by atoms with Gasteiger partial charge in [0.25, 0.3) is 10.0 Å². The summed E-state index contributed by atoms with van der Waals surface area (Å²) in [6.45, 7) is 0. The molecule has 0 amide bonds. The zero-order chi connectivity index (χ0) is 20.4. The molecular weight excluding hydrogens is 429 g/mol. The Morgan fingerprint density at radius 3 is 1.83 bits per heavy atom. The third kappa shape index (κ3) is 4.19. The van der Waals surface area contributed by atoms with Crippen molar-refractivity contribution in [1.82, 2.24) is 4.47 Å². The highest BCUT2D eigenvalue weighted by molar-refractivity contribution is 7.89. The van der Waals surface area contributed by atoms with Crippen LogP contribution in [0.3, 0.4) is 0 Å². The number of rotatable bonds is 5. The van der Waals surface area contributed by atoms with E-state index in [0.717, 1.165) is 10.0 Å². The fourth-order valence-electron chi connectivity index (χ4n) is 3.21. The maximum atomic E-state index is 13.6. The maximum Gasteiger partial charge on any atom is 0.268 e. The Labute approximate surface area is 180 Å². The van der Waals surface area contributed by atoms with Gasteiger partial charge in [-0.2, -0.15) is 4.47 Å². The molecule has 0 radical (unpaired) electrons. The van der Waals surface area contributed by atoms with Gasteiger partial charge < -0.3 is 0 Å². The summed E-state index contributed by atoms with van der Waals surface area (Å²) in [5.41, 5.74) is 2.03. The van der Waals surface area contributed by atoms with E-state index in [1.54, 1.807) is 54.6 Å². The van der Waals surface area contributed by atoms with Gasteiger partial charge in [-0.3, -0.25) is 0 Å². The Morgan fingerprint density at radius 2 is 1.31 bits per heavy atom. The van der Waals surface area contributed by atoms with E-state index < -0.39 is 21.4 Å². The molecule has 1 aliphatic rings. The first-order valence-electron chi connectivity index (χ1n) is 8.89. The summed E-state index contributed by atoms with van der Waals surface area (Å²) in [6, 6.07) is 22.9. The van der Waals surface area contributed by atoms with E-state index in [0.29, 0.717) is 21.2 Å². The molecule has 0 N–H and O–H groups in total. The molecule has 4 rings (SSSR count). The van der Waals surface area contributed by atoms with Crippen molar-refractivity contribution in [2.45, 2.75) is 11.4 Å². The van der Waals surface area contributed by atoms with Gasteiger partial charge in [0.1, 0.15) is 11.4 Å². The lowest BCUT2D eigenvalue weighted by molar-refractivity contribution is -0.0628. The van der Waals surface area contributed by atoms with Gasteiger partial charge in [-0.1, -0.05) is 77.8 Å². The number of nitrogens with zero attached hydrogens (tertiary/aromatic N) is 1. The van der Waals surface area contributed by atoms with E-state index in [1.165, 1.54) is 6.20 Å². The predicted molar refractivity (Wildman–Crippen MR) is 115 cm³/mol. The molecule has 1 atom stereocenters. The fourth-order valence-corrected chi connectivity index (χ4v) is 5.12. The lowest BCUT2D eigenvalue weighted by atomic mass is 10.0. The van der Waals surface area contributed by atoms with Crippen molar-refractivity contribution < 1.29 is 13.3 Å². The Bertz CT molecular complexity index is 1070. The average Bonchev–Trinajstić information content (AvgIpc) is 3.23. The lowest BCUT2D eigenvalue weighted by Gasteiger charge is -2.25. The molecule has 0 aliphatic carbocycles. The molecule has 0 saturated heterocycles. The van der Waals surface area contributed by atoms with Crippen LogP contribution < -0.4 is 0 Å². The zero-order valence-electron chi connectivity index (χ0n) is 15.2. The summed E-state index contributed by atoms with van der Waals surface area (Å²) in [5, 5.41) is 0.0844. The molecule has 0 bridgehead atoms. The predicted octanol–water partition coefficient (Wildman–Crippen LogP) is 5.91. The van der Waals surface area contributed by atoms with Gasteiger partial charge in [0, 0.05) is 16.2 Å². The first-order valence-corrected chi connectivity index (χ1v) is 11.2. The Morgan fingerprint density at radius 1 is 0.793 bits per heavy atom. The number of halogens is 2. The molecule has 4 nitrogen and oxygen atoms in total. The smallest absolute Gasteiger partial charge is 0.247 e. The quantitative estimate of drug-likeness (QED) is 0.489. The van der Waals surface area contributed by atoms with Crippen LogP contribution in [0.1, 0.15) is 28.0 Å². The van der Waals surface area contributed by atoms with Crippen molar-refractivity contribution in [2.24, 2.45) is 0 Å². The zero-order valence-corrected chi connectivity index (χ0v) is 17.5. The second-order valence-electron chi connectivity index (χ2n) is 6.56. The molecule has 0 saturated carbocycles. The number of hydrogen-bond acceptors (Lipinski definition) is 3. The van der Waals surface area contributed by atoms with Crippen LogP contribution >= 0.6 is 23.2 Å². The number of benzene rings is 3. The first kappa shape index (κ1) is 20.0. The topological polar surface area (TPSA) is 46.6 Å². The first-order chi connectivity index (χ1) is 13.9. The summed E-state index contributed by atoms with van der Waals surface area (Å²) in [4.78, 5) is 5.77. The van der Waals surface area contributed by atoms with Gasteiger partial charge in [0.05, 0.1) is 0 Å². The molecule has 1 heterocycles. The molecule has 29 heavy (non-hydrogen) atoms. The van der Waals surface area contributed by atoms with Gasteiger partial charge in [0.15, 0.2) is 0 Å². The minimum absolute atomic E-state index is 0.470. The van der Waals surface area contributed by atoms with Gasteiger partial charge >= 0.3 is 0 Å². The number of hydrogen-bond donors (Lipinski definition) is 0. The second kappa shape index (κ2) is 8.20. The highest BCUT2D eigenvalue weighted by Crippen LogP contribution is 2.37. The largest absolute Gasteiger partial charge is 0.268 e. The SMILES string of the molecule is O=S(=O)(C(c1ccc(Cl)cc1)c1ccc(Cl)cc1)N1C=CC(c2ccccc2)O1. The van der Waals surface area contributed by atoms with Crippen molar-refractivity contribution in [3.8, 4) is 0 Å². The molecule has 7 heteroatoms. The monoisotopic (exact) mass is 445 g/mol. The average molecular weight is 446 g/mol. The van der Waals surface area contributed by atoms with Crippen molar-refractivity contribution in [3.05, 3.63) is 118 Å². The van der Waals surface area contributed by atoms with Crippen LogP contribution in [-0.2, 0) is 14.9 Å². The van der Waals surface area contributed by atoms with Crippen molar-refractivity contribution in [1.29, 1.82) is 0 Å². The third-order valence-electron chi connectivity index (χ3n) is 4.62. The molecule has 3 aromatic rings. The van der Waals surface area contributed by atoms with Crippen LogP contribution in [-0.4, -0.2) is 12.9 Å². The van der Waals surface area contributed by atoms with E-state index in [9.17, 15) is 8.42 Å². The van der Waals surface area contributed by atoms with Crippen LogP contribution in [0.5, 0.6) is 0 Å². The lowest BCUT2D eigenvalue weighted by Crippen LogP contribution is -2.30. The van der Waals surface area contributed by atoms with Crippen LogP contribution in [0, 0.1) is 0 Å². The summed E-state index contributed by atoms with van der Waals surface area (Å²) in [7, 11) is -3.94. The van der Waals surface area contributed by atoms with Crippen LogP contribution in [0.15, 0.2) is 91.1 Å². The molecular formula is C22H17Cl2NO3S. The van der Waals surface area contributed by atoms with Gasteiger partial charge in [-0.25, -0.2) is 13.3 Å². The van der Waals surface area contributed by atoms with E-state index in [1.807, 2.05) is 30.3 Å². The van der Waals surface area contributed by atoms with Gasteiger partial charge in [0.2, 0.25) is 0 Å². The highest BCUT2D eigenvalue weighted by Gasteiger charge is 2.37. The van der Waals surface area contributed by atoms with E-state index in [-0.39, 0.29) is 0 Å². The Hall–Kier alpha value is -2.31. The van der Waals surface area contributed by atoms with Crippen LogP contribution in [0.4, 0.5) is 0 Å². The van der Waals surface area contributed by atoms with Gasteiger partial charge in [-0.05, 0) is 47.0 Å².